The van der Waals surface area contributed by atoms with Crippen LogP contribution in [0.3, 0.4) is 0 Å². The smallest absolute Gasteiger partial charge is 0.224 e. The predicted octanol–water partition coefficient (Wildman–Crippen LogP) is 2.11. The van der Waals surface area contributed by atoms with Crippen molar-refractivity contribution >= 4 is 5.91 Å². The Morgan fingerprint density at radius 1 is 1.24 bits per heavy atom. The zero-order valence-electron chi connectivity index (χ0n) is 17.3. The SMILES string of the molecule is Cc1cnc(CN2CCC(N3CCC[C@@H](C(=O)NCc4cccnc4)C3)CC2)[nH]1. The number of rotatable bonds is 6. The number of H-pyrrole nitrogens is 1. The van der Waals surface area contributed by atoms with Gasteiger partial charge in [-0.15, -0.1) is 0 Å². The summed E-state index contributed by atoms with van der Waals surface area (Å²) in [4.78, 5) is 29.6. The van der Waals surface area contributed by atoms with E-state index in [9.17, 15) is 4.79 Å². The molecule has 2 fully saturated rings. The van der Waals surface area contributed by atoms with Crippen LogP contribution in [0.2, 0.25) is 0 Å². The number of aryl methyl sites for hydroxylation is 1. The van der Waals surface area contributed by atoms with E-state index >= 15 is 0 Å². The highest BCUT2D eigenvalue weighted by atomic mass is 16.1. The van der Waals surface area contributed by atoms with Crippen molar-refractivity contribution in [2.24, 2.45) is 5.92 Å². The highest BCUT2D eigenvalue weighted by molar-refractivity contribution is 5.78. The molecule has 1 atom stereocenters. The van der Waals surface area contributed by atoms with Gasteiger partial charge in [0, 0.05) is 56.5 Å². The van der Waals surface area contributed by atoms with Crippen molar-refractivity contribution in [3.05, 3.63) is 47.8 Å². The number of nitrogens with one attached hydrogen (secondary N) is 2. The molecule has 2 N–H and O–H groups in total. The van der Waals surface area contributed by atoms with Gasteiger partial charge in [0.25, 0.3) is 0 Å². The van der Waals surface area contributed by atoms with Gasteiger partial charge in [0.1, 0.15) is 5.82 Å². The third kappa shape index (κ3) is 5.42. The number of aromatic amines is 1. The van der Waals surface area contributed by atoms with Crippen molar-refractivity contribution in [2.75, 3.05) is 26.2 Å². The second-order valence-electron chi connectivity index (χ2n) is 8.43. The monoisotopic (exact) mass is 396 g/mol. The van der Waals surface area contributed by atoms with Gasteiger partial charge < -0.3 is 10.3 Å². The summed E-state index contributed by atoms with van der Waals surface area (Å²) < 4.78 is 0. The molecule has 0 spiro atoms. The quantitative estimate of drug-likeness (QED) is 0.782. The highest BCUT2D eigenvalue weighted by Gasteiger charge is 2.31. The Morgan fingerprint density at radius 2 is 2.10 bits per heavy atom. The van der Waals surface area contributed by atoms with Crippen LogP contribution >= 0.6 is 0 Å². The lowest BCUT2D eigenvalue weighted by atomic mass is 9.93. The van der Waals surface area contributed by atoms with Crippen molar-refractivity contribution in [2.45, 2.75) is 51.7 Å². The van der Waals surface area contributed by atoms with Crippen LogP contribution in [0, 0.1) is 12.8 Å². The van der Waals surface area contributed by atoms with E-state index < -0.39 is 0 Å². The Labute approximate surface area is 172 Å². The molecule has 0 aromatic carbocycles. The van der Waals surface area contributed by atoms with Gasteiger partial charge in [-0.25, -0.2) is 4.98 Å². The van der Waals surface area contributed by atoms with Crippen molar-refractivity contribution in [1.29, 1.82) is 0 Å². The Kier molecular flexibility index (Phi) is 6.56. The first-order valence-corrected chi connectivity index (χ1v) is 10.8. The van der Waals surface area contributed by atoms with E-state index in [1.807, 2.05) is 31.5 Å². The van der Waals surface area contributed by atoms with Gasteiger partial charge >= 0.3 is 0 Å². The van der Waals surface area contributed by atoms with E-state index in [1.54, 1.807) is 6.20 Å². The van der Waals surface area contributed by atoms with E-state index in [-0.39, 0.29) is 11.8 Å². The Morgan fingerprint density at radius 3 is 2.83 bits per heavy atom. The fourth-order valence-corrected chi connectivity index (χ4v) is 4.59. The summed E-state index contributed by atoms with van der Waals surface area (Å²) in [6.07, 6.45) is 9.90. The molecular weight excluding hydrogens is 364 g/mol. The van der Waals surface area contributed by atoms with Crippen LogP contribution in [0.5, 0.6) is 0 Å². The number of nitrogens with zero attached hydrogens (tertiary/aromatic N) is 4. The van der Waals surface area contributed by atoms with E-state index in [0.29, 0.717) is 12.6 Å². The lowest BCUT2D eigenvalue weighted by Crippen LogP contribution is -2.50. The van der Waals surface area contributed by atoms with E-state index in [0.717, 1.165) is 62.6 Å². The second-order valence-corrected chi connectivity index (χ2v) is 8.43. The summed E-state index contributed by atoms with van der Waals surface area (Å²) in [5.41, 5.74) is 2.17. The maximum atomic E-state index is 12.7. The minimum absolute atomic E-state index is 0.101. The molecule has 7 nitrogen and oxygen atoms in total. The molecule has 0 saturated carbocycles. The first-order valence-electron chi connectivity index (χ1n) is 10.8. The molecule has 0 aliphatic carbocycles. The molecule has 4 rings (SSSR count). The molecule has 0 unspecified atom stereocenters. The molecule has 7 heteroatoms. The summed E-state index contributed by atoms with van der Waals surface area (Å²) in [5, 5.41) is 3.10. The fraction of sp³-hybridized carbons (Fsp3) is 0.591. The van der Waals surface area contributed by atoms with Crippen LogP contribution < -0.4 is 5.32 Å². The maximum absolute atomic E-state index is 12.7. The summed E-state index contributed by atoms with van der Waals surface area (Å²) in [6, 6.07) is 4.50. The number of carbonyl (C=O) groups is 1. The van der Waals surface area contributed by atoms with Crippen molar-refractivity contribution < 1.29 is 4.79 Å². The first kappa shape index (κ1) is 20.0. The van der Waals surface area contributed by atoms with Gasteiger partial charge in [-0.2, -0.15) is 0 Å². The summed E-state index contributed by atoms with van der Waals surface area (Å²) >= 11 is 0. The second kappa shape index (κ2) is 9.50. The van der Waals surface area contributed by atoms with Gasteiger partial charge in [0.15, 0.2) is 0 Å². The number of pyridine rings is 1. The minimum atomic E-state index is 0.101. The number of hydrogen-bond donors (Lipinski definition) is 2. The zero-order chi connectivity index (χ0) is 20.1. The third-order valence-electron chi connectivity index (χ3n) is 6.22. The van der Waals surface area contributed by atoms with Gasteiger partial charge in [-0.1, -0.05) is 6.07 Å². The minimum Gasteiger partial charge on any atom is -0.352 e. The summed E-state index contributed by atoms with van der Waals surface area (Å²) in [7, 11) is 0. The molecular formula is C22H32N6O. The lowest BCUT2D eigenvalue weighted by Gasteiger charge is -2.41. The topological polar surface area (TPSA) is 77.2 Å². The van der Waals surface area contributed by atoms with Gasteiger partial charge in [-0.3, -0.25) is 19.6 Å². The molecule has 0 bridgehead atoms. The molecule has 1 amide bonds. The third-order valence-corrected chi connectivity index (χ3v) is 6.22. The van der Waals surface area contributed by atoms with Crippen LogP contribution in [0.25, 0.3) is 0 Å². The fourth-order valence-electron chi connectivity index (χ4n) is 4.59. The molecule has 2 aliphatic heterocycles. The average Bonchev–Trinajstić information content (AvgIpc) is 3.18. The maximum Gasteiger partial charge on any atom is 0.224 e. The van der Waals surface area contributed by atoms with Gasteiger partial charge in [0.2, 0.25) is 5.91 Å². The van der Waals surface area contributed by atoms with Crippen molar-refractivity contribution in [1.82, 2.24) is 30.1 Å². The Balaban J connectivity index is 1.23. The van der Waals surface area contributed by atoms with Crippen molar-refractivity contribution in [3.63, 3.8) is 0 Å². The molecule has 4 heterocycles. The van der Waals surface area contributed by atoms with E-state index in [1.165, 1.54) is 12.8 Å². The number of imidazole rings is 1. The first-order chi connectivity index (χ1) is 14.2. The number of piperidine rings is 2. The molecule has 2 aromatic rings. The highest BCUT2D eigenvalue weighted by Crippen LogP contribution is 2.24. The average molecular weight is 397 g/mol. The van der Waals surface area contributed by atoms with Gasteiger partial charge in [0.05, 0.1) is 12.5 Å². The number of carbonyl (C=O) groups excluding carboxylic acids is 1. The Bertz CT molecular complexity index is 784. The van der Waals surface area contributed by atoms with Gasteiger partial charge in [-0.05, 0) is 50.8 Å². The normalized spacial score (nSPS) is 21.9. The standard InChI is InChI=1S/C22H32N6O/c1-17-12-24-21(26-17)16-27-10-6-20(7-11-27)28-9-3-5-19(15-28)22(29)25-14-18-4-2-8-23-13-18/h2,4,8,12-13,19-20H,3,5-7,9-11,14-16H2,1H3,(H,24,26)(H,25,29)/t19-/m1/s1. The number of hydrogen-bond acceptors (Lipinski definition) is 5. The summed E-state index contributed by atoms with van der Waals surface area (Å²) in [6.45, 7) is 7.71. The van der Waals surface area contributed by atoms with Crippen LogP contribution in [-0.2, 0) is 17.9 Å². The largest absolute Gasteiger partial charge is 0.352 e. The molecule has 2 aliphatic rings. The number of likely N-dealkylation sites (tertiary alicyclic amines) is 2. The van der Waals surface area contributed by atoms with E-state index in [2.05, 4.69) is 30.1 Å². The van der Waals surface area contributed by atoms with Crippen LogP contribution in [0.4, 0.5) is 0 Å². The number of aromatic nitrogens is 3. The van der Waals surface area contributed by atoms with Crippen LogP contribution in [0.1, 0.15) is 42.8 Å². The lowest BCUT2D eigenvalue weighted by molar-refractivity contribution is -0.127. The van der Waals surface area contributed by atoms with Crippen molar-refractivity contribution in [3.8, 4) is 0 Å². The molecule has 29 heavy (non-hydrogen) atoms. The predicted molar refractivity (Wildman–Crippen MR) is 112 cm³/mol. The van der Waals surface area contributed by atoms with E-state index in [4.69, 9.17) is 0 Å². The van der Waals surface area contributed by atoms with Crippen LogP contribution in [-0.4, -0.2) is 62.9 Å². The number of amides is 1. The molecule has 2 aromatic heterocycles. The molecule has 2 saturated heterocycles. The Hall–Kier alpha value is -2.25. The zero-order valence-corrected chi connectivity index (χ0v) is 17.3. The molecule has 156 valence electrons. The summed E-state index contributed by atoms with van der Waals surface area (Å²) in [5.74, 6) is 1.35. The van der Waals surface area contributed by atoms with Crippen LogP contribution in [0.15, 0.2) is 30.7 Å². The molecule has 0 radical (unpaired) electrons.